The molecule has 130 valence electrons. The second kappa shape index (κ2) is 7.31. The summed E-state index contributed by atoms with van der Waals surface area (Å²) in [7, 11) is 1.95. The van der Waals surface area contributed by atoms with Crippen LogP contribution < -0.4 is 5.32 Å². The monoisotopic (exact) mass is 353 g/mol. The van der Waals surface area contributed by atoms with Crippen LogP contribution in [0.3, 0.4) is 0 Å². The van der Waals surface area contributed by atoms with Crippen LogP contribution in [0.4, 0.5) is 0 Å². The summed E-state index contributed by atoms with van der Waals surface area (Å²) in [6.07, 6.45) is 5.65. The molecule has 3 rings (SSSR count). The van der Waals surface area contributed by atoms with Crippen LogP contribution in [-0.4, -0.2) is 21.7 Å². The minimum absolute atomic E-state index is 0.0325. The minimum Gasteiger partial charge on any atom is -0.345 e. The average Bonchev–Trinajstić information content (AvgIpc) is 3.00. The summed E-state index contributed by atoms with van der Waals surface area (Å²) in [5.41, 5.74) is 2.59. The van der Waals surface area contributed by atoms with Crippen LogP contribution in [-0.2, 0) is 7.05 Å². The number of nitrogens with zero attached hydrogens (tertiary/aromatic N) is 2. The lowest BCUT2D eigenvalue weighted by Crippen LogP contribution is -2.31. The number of carbonyl (C=O) groups is 1. The lowest BCUT2D eigenvalue weighted by Gasteiger charge is -2.23. The Balaban J connectivity index is 1.83. The molecule has 1 aromatic carbocycles. The maximum absolute atomic E-state index is 12.7. The first-order valence-electron chi connectivity index (χ1n) is 8.35. The first kappa shape index (κ1) is 17.5. The SMILES string of the molecule is CSc1ccc(C(NC(=O)c2cnc3c(ccn3C)c2)C(C)C)cc1. The fourth-order valence-electron chi connectivity index (χ4n) is 2.95. The first-order valence-corrected chi connectivity index (χ1v) is 9.58. The largest absolute Gasteiger partial charge is 0.345 e. The summed E-state index contributed by atoms with van der Waals surface area (Å²) in [6, 6.07) is 12.2. The van der Waals surface area contributed by atoms with Gasteiger partial charge >= 0.3 is 0 Å². The van der Waals surface area contributed by atoms with E-state index in [9.17, 15) is 4.79 Å². The van der Waals surface area contributed by atoms with Crippen molar-refractivity contribution in [3.63, 3.8) is 0 Å². The van der Waals surface area contributed by atoms with Gasteiger partial charge in [-0.25, -0.2) is 4.98 Å². The smallest absolute Gasteiger partial charge is 0.253 e. The summed E-state index contributed by atoms with van der Waals surface area (Å²) in [6.45, 7) is 4.23. The molecule has 0 fully saturated rings. The zero-order chi connectivity index (χ0) is 18.0. The highest BCUT2D eigenvalue weighted by Gasteiger charge is 2.19. The molecule has 0 bridgehead atoms. The quantitative estimate of drug-likeness (QED) is 0.691. The Morgan fingerprint density at radius 1 is 1.20 bits per heavy atom. The van der Waals surface area contributed by atoms with Gasteiger partial charge in [0.1, 0.15) is 5.65 Å². The zero-order valence-corrected chi connectivity index (χ0v) is 15.8. The van der Waals surface area contributed by atoms with Gasteiger partial charge in [0.05, 0.1) is 11.6 Å². The number of nitrogens with one attached hydrogen (secondary N) is 1. The molecule has 0 saturated carbocycles. The second-order valence-corrected chi connectivity index (χ2v) is 7.41. The van der Waals surface area contributed by atoms with Crippen LogP contribution in [0.15, 0.2) is 53.7 Å². The van der Waals surface area contributed by atoms with Crippen molar-refractivity contribution in [2.75, 3.05) is 6.26 Å². The number of rotatable bonds is 5. The molecule has 3 aromatic rings. The molecule has 0 spiro atoms. The van der Waals surface area contributed by atoms with E-state index >= 15 is 0 Å². The lowest BCUT2D eigenvalue weighted by molar-refractivity contribution is 0.0925. The van der Waals surface area contributed by atoms with E-state index < -0.39 is 0 Å². The Hall–Kier alpha value is -2.27. The third kappa shape index (κ3) is 3.71. The van der Waals surface area contributed by atoms with E-state index in [1.54, 1.807) is 18.0 Å². The molecule has 0 radical (unpaired) electrons. The molecular formula is C20H23N3OS. The number of pyridine rings is 1. The third-order valence-corrected chi connectivity index (χ3v) is 5.14. The van der Waals surface area contributed by atoms with Crippen LogP contribution >= 0.6 is 11.8 Å². The van der Waals surface area contributed by atoms with Gasteiger partial charge < -0.3 is 9.88 Å². The number of hydrogen-bond acceptors (Lipinski definition) is 3. The van der Waals surface area contributed by atoms with Crippen LogP contribution in [0.2, 0.25) is 0 Å². The lowest BCUT2D eigenvalue weighted by atomic mass is 9.95. The molecule has 0 aliphatic rings. The van der Waals surface area contributed by atoms with Crippen molar-refractivity contribution in [2.45, 2.75) is 24.8 Å². The molecule has 25 heavy (non-hydrogen) atoms. The molecule has 0 aliphatic heterocycles. The summed E-state index contributed by atoms with van der Waals surface area (Å²) < 4.78 is 1.95. The van der Waals surface area contributed by atoms with E-state index in [-0.39, 0.29) is 17.9 Å². The molecule has 5 heteroatoms. The molecule has 0 saturated heterocycles. The summed E-state index contributed by atoms with van der Waals surface area (Å²) >= 11 is 1.71. The van der Waals surface area contributed by atoms with E-state index in [2.05, 4.69) is 54.7 Å². The van der Waals surface area contributed by atoms with Gasteiger partial charge in [0, 0.05) is 29.7 Å². The fraction of sp³-hybridized carbons (Fsp3) is 0.300. The Morgan fingerprint density at radius 2 is 1.92 bits per heavy atom. The Morgan fingerprint density at radius 3 is 2.56 bits per heavy atom. The number of aryl methyl sites for hydroxylation is 1. The van der Waals surface area contributed by atoms with Gasteiger partial charge in [-0.1, -0.05) is 26.0 Å². The molecule has 4 nitrogen and oxygen atoms in total. The first-order chi connectivity index (χ1) is 12.0. The molecule has 0 aliphatic carbocycles. The number of thioether (sulfide) groups is 1. The minimum atomic E-state index is -0.0918. The van der Waals surface area contributed by atoms with Gasteiger partial charge in [0.15, 0.2) is 0 Å². The van der Waals surface area contributed by atoms with Crippen molar-refractivity contribution in [3.05, 3.63) is 59.9 Å². The predicted molar refractivity (Wildman–Crippen MR) is 104 cm³/mol. The van der Waals surface area contributed by atoms with Gasteiger partial charge in [-0.2, -0.15) is 0 Å². The summed E-state index contributed by atoms with van der Waals surface area (Å²) in [5, 5.41) is 4.14. The molecule has 2 heterocycles. The Kier molecular flexibility index (Phi) is 5.13. The van der Waals surface area contributed by atoms with Gasteiger partial charge in [0.25, 0.3) is 5.91 Å². The number of benzene rings is 1. The highest BCUT2D eigenvalue weighted by Crippen LogP contribution is 2.25. The van der Waals surface area contributed by atoms with Crippen molar-refractivity contribution in [1.82, 2.24) is 14.9 Å². The van der Waals surface area contributed by atoms with Gasteiger partial charge in [-0.15, -0.1) is 11.8 Å². The van der Waals surface area contributed by atoms with Crippen LogP contribution in [0.25, 0.3) is 11.0 Å². The van der Waals surface area contributed by atoms with Gasteiger partial charge in [-0.05, 0) is 42.0 Å². The Bertz CT molecular complexity index is 884. The average molecular weight is 353 g/mol. The maximum atomic E-state index is 12.7. The number of fused-ring (bicyclic) bond motifs is 1. The van der Waals surface area contributed by atoms with E-state index in [0.717, 1.165) is 16.6 Å². The predicted octanol–water partition coefficient (Wildman–Crippen LogP) is 4.42. The maximum Gasteiger partial charge on any atom is 0.253 e. The highest BCUT2D eigenvalue weighted by molar-refractivity contribution is 7.98. The highest BCUT2D eigenvalue weighted by atomic mass is 32.2. The van der Waals surface area contributed by atoms with Gasteiger partial charge in [-0.3, -0.25) is 4.79 Å². The van der Waals surface area contributed by atoms with Crippen molar-refractivity contribution >= 4 is 28.7 Å². The summed E-state index contributed by atoms with van der Waals surface area (Å²) in [5.74, 6) is 0.198. The molecule has 2 aromatic heterocycles. The number of amides is 1. The fourth-order valence-corrected chi connectivity index (χ4v) is 3.36. The van der Waals surface area contributed by atoms with Crippen LogP contribution in [0.5, 0.6) is 0 Å². The molecule has 1 N–H and O–H groups in total. The second-order valence-electron chi connectivity index (χ2n) is 6.53. The van der Waals surface area contributed by atoms with Crippen molar-refractivity contribution in [1.29, 1.82) is 0 Å². The topological polar surface area (TPSA) is 46.9 Å². The molecule has 1 atom stereocenters. The van der Waals surface area contributed by atoms with Gasteiger partial charge in [0.2, 0.25) is 0 Å². The summed E-state index contributed by atoms with van der Waals surface area (Å²) in [4.78, 5) is 18.4. The zero-order valence-electron chi connectivity index (χ0n) is 15.0. The number of aromatic nitrogens is 2. The number of carbonyl (C=O) groups excluding carboxylic acids is 1. The van der Waals surface area contributed by atoms with Crippen molar-refractivity contribution in [3.8, 4) is 0 Å². The van der Waals surface area contributed by atoms with E-state index in [0.29, 0.717) is 5.56 Å². The van der Waals surface area contributed by atoms with Crippen molar-refractivity contribution in [2.24, 2.45) is 13.0 Å². The standard InChI is InChI=1S/C20H23N3OS/c1-13(2)18(14-5-7-17(25-4)8-6-14)22-20(24)16-11-15-9-10-23(3)19(15)21-12-16/h5-13,18H,1-4H3,(H,22,24). The Labute approximate surface area is 152 Å². The van der Waals surface area contributed by atoms with E-state index in [4.69, 9.17) is 0 Å². The normalized spacial score (nSPS) is 12.5. The van der Waals surface area contributed by atoms with E-state index in [1.165, 1.54) is 4.90 Å². The molecule has 1 unspecified atom stereocenters. The molecule has 1 amide bonds. The van der Waals surface area contributed by atoms with E-state index in [1.807, 2.05) is 29.9 Å². The molecular weight excluding hydrogens is 330 g/mol. The number of hydrogen-bond donors (Lipinski definition) is 1. The van der Waals surface area contributed by atoms with Crippen LogP contribution in [0, 0.1) is 5.92 Å². The van der Waals surface area contributed by atoms with Crippen LogP contribution in [0.1, 0.15) is 35.8 Å². The third-order valence-electron chi connectivity index (χ3n) is 4.40. The van der Waals surface area contributed by atoms with Crippen molar-refractivity contribution < 1.29 is 4.79 Å².